The minimum atomic E-state index is -0.388. The molecule has 0 aromatic carbocycles. The highest BCUT2D eigenvalue weighted by atomic mass is 16.6. The summed E-state index contributed by atoms with van der Waals surface area (Å²) in [5, 5.41) is 0. The normalized spacial score (nSPS) is 30.1. The summed E-state index contributed by atoms with van der Waals surface area (Å²) in [6, 6.07) is 0.413. The number of piperidine rings is 1. The first-order valence-electron chi connectivity index (χ1n) is 6.61. The molecule has 1 saturated heterocycles. The van der Waals surface area contributed by atoms with Crippen molar-refractivity contribution in [3.8, 4) is 0 Å². The van der Waals surface area contributed by atoms with Gasteiger partial charge < -0.3 is 9.64 Å². The first-order valence-corrected chi connectivity index (χ1v) is 6.61. The van der Waals surface area contributed by atoms with Crippen molar-refractivity contribution in [2.24, 2.45) is 5.92 Å². The molecule has 2 rings (SSSR count). The SMILES string of the molecule is CC/C=C1\CCN(C(=O)OC(C)(C)C)C2CC12. The van der Waals surface area contributed by atoms with Crippen molar-refractivity contribution >= 4 is 6.09 Å². The Balaban J connectivity index is 1.95. The van der Waals surface area contributed by atoms with E-state index < -0.39 is 0 Å². The molecule has 0 N–H and O–H groups in total. The smallest absolute Gasteiger partial charge is 0.410 e. The highest BCUT2D eigenvalue weighted by Crippen LogP contribution is 2.47. The van der Waals surface area contributed by atoms with E-state index in [2.05, 4.69) is 13.0 Å². The molecule has 1 amide bonds. The fourth-order valence-electron chi connectivity index (χ4n) is 2.59. The van der Waals surface area contributed by atoms with Gasteiger partial charge in [-0.3, -0.25) is 0 Å². The lowest BCUT2D eigenvalue weighted by molar-refractivity contribution is 0.0213. The largest absolute Gasteiger partial charge is 0.444 e. The average Bonchev–Trinajstić information content (AvgIpc) is 2.95. The van der Waals surface area contributed by atoms with Crippen molar-refractivity contribution in [2.45, 2.75) is 58.6 Å². The van der Waals surface area contributed by atoms with E-state index in [1.165, 1.54) is 0 Å². The molecule has 2 aliphatic rings. The molecular weight excluding hydrogens is 214 g/mol. The Kier molecular flexibility index (Phi) is 3.19. The summed E-state index contributed by atoms with van der Waals surface area (Å²) in [5.41, 5.74) is 1.17. The van der Waals surface area contributed by atoms with Crippen LogP contribution in [0.1, 0.15) is 47.0 Å². The average molecular weight is 237 g/mol. The Morgan fingerprint density at radius 3 is 2.82 bits per heavy atom. The molecule has 96 valence electrons. The maximum absolute atomic E-state index is 12.0. The maximum atomic E-state index is 12.0. The lowest BCUT2D eigenvalue weighted by Gasteiger charge is -2.30. The second-order valence-corrected chi connectivity index (χ2v) is 6.02. The highest BCUT2D eigenvalue weighted by Gasteiger charge is 2.49. The van der Waals surface area contributed by atoms with Crippen LogP contribution in [0.3, 0.4) is 0 Å². The number of ether oxygens (including phenoxy) is 1. The standard InChI is InChI=1S/C14H23NO2/c1-5-6-10-7-8-15(12-9-11(10)12)13(16)17-14(2,3)4/h6,11-12H,5,7-9H2,1-4H3/b10-6+. The quantitative estimate of drug-likeness (QED) is 0.654. The first-order chi connectivity index (χ1) is 7.92. The number of hydrogen-bond acceptors (Lipinski definition) is 2. The molecule has 0 aromatic rings. The number of hydrogen-bond donors (Lipinski definition) is 0. The third-order valence-corrected chi connectivity index (χ3v) is 3.37. The van der Waals surface area contributed by atoms with Gasteiger partial charge in [-0.25, -0.2) is 4.79 Å². The Morgan fingerprint density at radius 1 is 1.53 bits per heavy atom. The molecule has 1 aliphatic carbocycles. The molecule has 2 unspecified atom stereocenters. The van der Waals surface area contributed by atoms with Crippen molar-refractivity contribution in [3.63, 3.8) is 0 Å². The van der Waals surface area contributed by atoms with E-state index in [4.69, 9.17) is 4.74 Å². The summed E-state index contributed by atoms with van der Waals surface area (Å²) >= 11 is 0. The zero-order valence-electron chi connectivity index (χ0n) is 11.3. The zero-order valence-corrected chi connectivity index (χ0v) is 11.3. The monoisotopic (exact) mass is 237 g/mol. The fraction of sp³-hybridized carbons (Fsp3) is 0.786. The number of carbonyl (C=O) groups excluding carboxylic acids is 1. The van der Waals surface area contributed by atoms with Gasteiger partial charge in [-0.1, -0.05) is 18.6 Å². The van der Waals surface area contributed by atoms with Gasteiger partial charge in [-0.2, -0.15) is 0 Å². The number of likely N-dealkylation sites (tertiary alicyclic amines) is 1. The minimum Gasteiger partial charge on any atom is -0.444 e. The van der Waals surface area contributed by atoms with Gasteiger partial charge in [-0.15, -0.1) is 0 Å². The predicted octanol–water partition coefficient (Wildman–Crippen LogP) is 3.35. The van der Waals surface area contributed by atoms with Gasteiger partial charge in [0.15, 0.2) is 0 Å². The number of rotatable bonds is 1. The molecular formula is C14H23NO2. The van der Waals surface area contributed by atoms with Crippen LogP contribution in [-0.4, -0.2) is 29.2 Å². The van der Waals surface area contributed by atoms with Crippen LogP contribution in [0, 0.1) is 5.92 Å². The van der Waals surface area contributed by atoms with Crippen LogP contribution in [-0.2, 0) is 4.74 Å². The number of fused-ring (bicyclic) bond motifs is 1. The number of amides is 1. The van der Waals surface area contributed by atoms with Crippen molar-refractivity contribution in [1.82, 2.24) is 4.90 Å². The highest BCUT2D eigenvalue weighted by molar-refractivity contribution is 5.69. The zero-order chi connectivity index (χ0) is 12.6. The van der Waals surface area contributed by atoms with Gasteiger partial charge >= 0.3 is 6.09 Å². The molecule has 17 heavy (non-hydrogen) atoms. The second-order valence-electron chi connectivity index (χ2n) is 6.02. The van der Waals surface area contributed by atoms with Gasteiger partial charge in [0.2, 0.25) is 0 Å². The molecule has 2 fully saturated rings. The molecule has 1 heterocycles. The van der Waals surface area contributed by atoms with E-state index in [1.807, 2.05) is 25.7 Å². The summed E-state index contributed by atoms with van der Waals surface area (Å²) in [5.74, 6) is 0.621. The lowest BCUT2D eigenvalue weighted by Crippen LogP contribution is -2.41. The second kappa shape index (κ2) is 4.35. The predicted molar refractivity (Wildman–Crippen MR) is 67.8 cm³/mol. The van der Waals surface area contributed by atoms with Crippen molar-refractivity contribution in [3.05, 3.63) is 11.6 Å². The van der Waals surface area contributed by atoms with E-state index in [9.17, 15) is 4.79 Å². The van der Waals surface area contributed by atoms with Crippen molar-refractivity contribution in [1.29, 1.82) is 0 Å². The summed E-state index contributed by atoms with van der Waals surface area (Å²) in [4.78, 5) is 13.9. The van der Waals surface area contributed by atoms with Gasteiger partial charge in [-0.05, 0) is 40.0 Å². The van der Waals surface area contributed by atoms with Crippen LogP contribution in [0.25, 0.3) is 0 Å². The third-order valence-electron chi connectivity index (χ3n) is 3.37. The molecule has 1 saturated carbocycles. The first kappa shape index (κ1) is 12.5. The molecule has 1 aliphatic heterocycles. The van der Waals surface area contributed by atoms with Crippen LogP contribution >= 0.6 is 0 Å². The number of allylic oxidation sites excluding steroid dienone is 1. The van der Waals surface area contributed by atoms with Gasteiger partial charge in [0.25, 0.3) is 0 Å². The lowest BCUT2D eigenvalue weighted by atomic mass is 10.0. The van der Waals surface area contributed by atoms with Gasteiger partial charge in [0.1, 0.15) is 5.60 Å². The van der Waals surface area contributed by atoms with E-state index in [0.29, 0.717) is 12.0 Å². The Bertz CT molecular complexity index is 341. The van der Waals surface area contributed by atoms with Gasteiger partial charge in [0, 0.05) is 18.5 Å². The molecule has 0 radical (unpaired) electrons. The molecule has 3 nitrogen and oxygen atoms in total. The summed E-state index contributed by atoms with van der Waals surface area (Å²) in [6.07, 6.45) is 5.45. The number of nitrogens with zero attached hydrogens (tertiary/aromatic N) is 1. The number of carbonyl (C=O) groups is 1. The molecule has 2 atom stereocenters. The van der Waals surface area contributed by atoms with Crippen molar-refractivity contribution < 1.29 is 9.53 Å². The van der Waals surface area contributed by atoms with Crippen LogP contribution in [0.15, 0.2) is 11.6 Å². The Labute approximate surface area is 104 Å². The van der Waals surface area contributed by atoms with E-state index >= 15 is 0 Å². The Morgan fingerprint density at radius 2 is 2.24 bits per heavy atom. The summed E-state index contributed by atoms with van der Waals surface area (Å²) < 4.78 is 5.44. The summed E-state index contributed by atoms with van der Waals surface area (Å²) in [6.45, 7) is 8.75. The van der Waals surface area contributed by atoms with Crippen molar-refractivity contribution in [2.75, 3.05) is 6.54 Å². The van der Waals surface area contributed by atoms with Crippen LogP contribution in [0.4, 0.5) is 4.79 Å². The molecule has 0 aromatic heterocycles. The Hall–Kier alpha value is -0.990. The van der Waals surface area contributed by atoms with Crippen LogP contribution in [0.5, 0.6) is 0 Å². The minimum absolute atomic E-state index is 0.138. The fourth-order valence-corrected chi connectivity index (χ4v) is 2.59. The van der Waals surface area contributed by atoms with E-state index in [-0.39, 0.29) is 11.7 Å². The molecule has 0 spiro atoms. The summed E-state index contributed by atoms with van der Waals surface area (Å²) in [7, 11) is 0. The van der Waals surface area contributed by atoms with Crippen LogP contribution < -0.4 is 0 Å². The van der Waals surface area contributed by atoms with Crippen LogP contribution in [0.2, 0.25) is 0 Å². The van der Waals surface area contributed by atoms with E-state index in [0.717, 1.165) is 25.8 Å². The topological polar surface area (TPSA) is 29.5 Å². The third kappa shape index (κ3) is 2.82. The maximum Gasteiger partial charge on any atom is 0.410 e. The molecule has 3 heteroatoms. The van der Waals surface area contributed by atoms with E-state index in [1.54, 1.807) is 5.57 Å². The molecule has 0 bridgehead atoms. The van der Waals surface area contributed by atoms with Gasteiger partial charge in [0.05, 0.1) is 0 Å².